The molecule has 3 rings (SSSR count). The van der Waals surface area contributed by atoms with Crippen molar-refractivity contribution < 1.29 is 14.3 Å². The first-order valence-corrected chi connectivity index (χ1v) is 5.53. The van der Waals surface area contributed by atoms with Gasteiger partial charge in [0.1, 0.15) is 5.41 Å². The Kier molecular flexibility index (Phi) is 1.89. The van der Waals surface area contributed by atoms with Crippen LogP contribution in [0.4, 0.5) is 0 Å². The number of esters is 2. The van der Waals surface area contributed by atoms with E-state index in [9.17, 15) is 9.59 Å². The van der Waals surface area contributed by atoms with Crippen molar-refractivity contribution in [2.24, 2.45) is 5.92 Å². The molecule has 0 bridgehead atoms. The standard InChI is InChI=1S/C11H6Cl2O3/c12-7-2-1-5(3-8(7)13)11-4-6(11)9(14)16-10(11)15/h1-3,6H,4H2. The number of ether oxygens (including phenoxy) is 1. The number of benzene rings is 1. The Morgan fingerprint density at radius 2 is 2.00 bits per heavy atom. The topological polar surface area (TPSA) is 43.4 Å². The van der Waals surface area contributed by atoms with Crippen molar-refractivity contribution in [3.63, 3.8) is 0 Å². The molecule has 0 radical (unpaired) electrons. The van der Waals surface area contributed by atoms with Crippen LogP contribution >= 0.6 is 23.2 Å². The van der Waals surface area contributed by atoms with E-state index >= 15 is 0 Å². The van der Waals surface area contributed by atoms with Crippen molar-refractivity contribution >= 4 is 35.1 Å². The molecule has 0 spiro atoms. The molecule has 1 heterocycles. The number of rotatable bonds is 1. The molecule has 1 saturated heterocycles. The van der Waals surface area contributed by atoms with Crippen LogP contribution in [0.1, 0.15) is 12.0 Å². The van der Waals surface area contributed by atoms with Gasteiger partial charge in [-0.3, -0.25) is 9.59 Å². The zero-order valence-electron chi connectivity index (χ0n) is 8.00. The van der Waals surface area contributed by atoms with Crippen LogP contribution in [0, 0.1) is 5.92 Å². The highest BCUT2D eigenvalue weighted by atomic mass is 35.5. The summed E-state index contributed by atoms with van der Waals surface area (Å²) in [7, 11) is 0. The normalized spacial score (nSPS) is 31.2. The van der Waals surface area contributed by atoms with Gasteiger partial charge in [0.25, 0.3) is 0 Å². The van der Waals surface area contributed by atoms with E-state index in [1.165, 1.54) is 0 Å². The summed E-state index contributed by atoms with van der Waals surface area (Å²) in [5, 5.41) is 0.808. The highest BCUT2D eigenvalue weighted by Crippen LogP contribution is 2.60. The first-order valence-electron chi connectivity index (χ1n) is 4.77. The second-order valence-electron chi connectivity index (χ2n) is 4.07. The van der Waals surface area contributed by atoms with Crippen LogP contribution in [0.5, 0.6) is 0 Å². The average Bonchev–Trinajstić information content (AvgIpc) is 2.93. The van der Waals surface area contributed by atoms with Crippen molar-refractivity contribution in [2.45, 2.75) is 11.8 Å². The molecular weight excluding hydrogens is 251 g/mol. The van der Waals surface area contributed by atoms with Crippen LogP contribution in [-0.2, 0) is 19.7 Å². The molecule has 2 unspecified atom stereocenters. The smallest absolute Gasteiger partial charge is 0.325 e. The summed E-state index contributed by atoms with van der Waals surface area (Å²) in [6, 6.07) is 4.97. The second-order valence-corrected chi connectivity index (χ2v) is 4.88. The summed E-state index contributed by atoms with van der Waals surface area (Å²) in [4.78, 5) is 22.9. The number of carbonyl (C=O) groups excluding carboxylic acids is 2. The molecule has 1 aliphatic carbocycles. The predicted molar refractivity (Wildman–Crippen MR) is 57.3 cm³/mol. The zero-order valence-corrected chi connectivity index (χ0v) is 9.51. The number of hydrogen-bond donors (Lipinski definition) is 0. The Morgan fingerprint density at radius 3 is 2.50 bits per heavy atom. The van der Waals surface area contributed by atoms with Crippen LogP contribution in [0.25, 0.3) is 0 Å². The average molecular weight is 257 g/mol. The largest absolute Gasteiger partial charge is 0.392 e. The number of carbonyl (C=O) groups is 2. The van der Waals surface area contributed by atoms with E-state index in [0.29, 0.717) is 22.0 Å². The monoisotopic (exact) mass is 256 g/mol. The maximum Gasteiger partial charge on any atom is 0.325 e. The van der Waals surface area contributed by atoms with Gasteiger partial charge in [0.2, 0.25) is 0 Å². The Labute approximate surface area is 101 Å². The maximum absolute atomic E-state index is 11.6. The third kappa shape index (κ3) is 1.10. The Bertz CT molecular complexity index is 526. The van der Waals surface area contributed by atoms with Gasteiger partial charge in [-0.25, -0.2) is 0 Å². The summed E-state index contributed by atoms with van der Waals surface area (Å²) in [5.74, 6) is -1.24. The first kappa shape index (κ1) is 10.1. The lowest BCUT2D eigenvalue weighted by atomic mass is 9.95. The third-order valence-electron chi connectivity index (χ3n) is 3.24. The lowest BCUT2D eigenvalue weighted by Gasteiger charge is -2.09. The van der Waals surface area contributed by atoms with Gasteiger partial charge in [-0.15, -0.1) is 0 Å². The lowest BCUT2D eigenvalue weighted by Crippen LogP contribution is -2.18. The molecule has 1 aromatic rings. The van der Waals surface area contributed by atoms with E-state index in [1.807, 2.05) is 0 Å². The summed E-state index contributed by atoms with van der Waals surface area (Å²) >= 11 is 11.7. The van der Waals surface area contributed by atoms with Crippen LogP contribution in [0.15, 0.2) is 18.2 Å². The van der Waals surface area contributed by atoms with E-state index in [4.69, 9.17) is 23.2 Å². The quantitative estimate of drug-likeness (QED) is 0.572. The molecule has 1 aromatic carbocycles. The highest BCUT2D eigenvalue weighted by molar-refractivity contribution is 6.42. The predicted octanol–water partition coefficient (Wildman–Crippen LogP) is 2.33. The van der Waals surface area contributed by atoms with E-state index in [2.05, 4.69) is 4.74 Å². The Morgan fingerprint density at radius 1 is 1.25 bits per heavy atom. The Hall–Kier alpha value is -1.06. The molecule has 16 heavy (non-hydrogen) atoms. The van der Waals surface area contributed by atoms with Gasteiger partial charge >= 0.3 is 11.9 Å². The van der Waals surface area contributed by atoms with E-state index in [-0.39, 0.29) is 5.92 Å². The maximum atomic E-state index is 11.6. The molecule has 5 heteroatoms. The molecule has 0 amide bonds. The molecule has 2 aliphatic rings. The van der Waals surface area contributed by atoms with Gasteiger partial charge < -0.3 is 4.74 Å². The van der Waals surface area contributed by atoms with Gasteiger partial charge in [-0.05, 0) is 24.1 Å². The summed E-state index contributed by atoms with van der Waals surface area (Å²) in [6.45, 7) is 0. The highest BCUT2D eigenvalue weighted by Gasteiger charge is 2.72. The molecule has 2 atom stereocenters. The zero-order chi connectivity index (χ0) is 11.5. The van der Waals surface area contributed by atoms with Crippen molar-refractivity contribution in [1.82, 2.24) is 0 Å². The van der Waals surface area contributed by atoms with E-state index < -0.39 is 17.4 Å². The molecular formula is C11H6Cl2O3. The lowest BCUT2D eigenvalue weighted by molar-refractivity contribution is -0.155. The van der Waals surface area contributed by atoms with Crippen LogP contribution in [0.3, 0.4) is 0 Å². The molecule has 0 N–H and O–H groups in total. The van der Waals surface area contributed by atoms with Gasteiger partial charge in [-0.1, -0.05) is 29.3 Å². The number of cyclic esters (lactones) is 2. The second kappa shape index (κ2) is 2.99. The summed E-state index contributed by atoms with van der Waals surface area (Å²) in [6.07, 6.45) is 0.516. The van der Waals surface area contributed by atoms with Crippen molar-refractivity contribution in [2.75, 3.05) is 0 Å². The SMILES string of the molecule is O=C1OC(=O)C2(c3ccc(Cl)c(Cl)c3)CC12. The molecule has 3 nitrogen and oxygen atoms in total. The van der Waals surface area contributed by atoms with Gasteiger partial charge in [0.05, 0.1) is 16.0 Å². The van der Waals surface area contributed by atoms with Crippen molar-refractivity contribution in [3.05, 3.63) is 33.8 Å². The van der Waals surface area contributed by atoms with Crippen LogP contribution in [0.2, 0.25) is 10.0 Å². The molecule has 1 saturated carbocycles. The van der Waals surface area contributed by atoms with Gasteiger partial charge in [0.15, 0.2) is 0 Å². The van der Waals surface area contributed by atoms with E-state index in [1.54, 1.807) is 18.2 Å². The molecule has 1 aliphatic heterocycles. The molecule has 82 valence electrons. The van der Waals surface area contributed by atoms with Crippen molar-refractivity contribution in [1.29, 1.82) is 0 Å². The minimum Gasteiger partial charge on any atom is -0.392 e. The summed E-state index contributed by atoms with van der Waals surface area (Å²) < 4.78 is 4.60. The number of halogens is 2. The first-order chi connectivity index (χ1) is 7.55. The number of hydrogen-bond acceptors (Lipinski definition) is 3. The fourth-order valence-electron chi connectivity index (χ4n) is 2.24. The van der Waals surface area contributed by atoms with E-state index in [0.717, 1.165) is 0 Å². The summed E-state index contributed by atoms with van der Waals surface area (Å²) in [5.41, 5.74) is -0.0755. The molecule has 0 aromatic heterocycles. The fourth-order valence-corrected chi connectivity index (χ4v) is 2.54. The van der Waals surface area contributed by atoms with Gasteiger partial charge in [0, 0.05) is 0 Å². The number of fused-ring (bicyclic) bond motifs is 1. The fraction of sp³-hybridized carbons (Fsp3) is 0.273. The minimum atomic E-state index is -0.786. The third-order valence-corrected chi connectivity index (χ3v) is 3.98. The Balaban J connectivity index is 2.09. The molecule has 2 fully saturated rings. The van der Waals surface area contributed by atoms with Crippen LogP contribution < -0.4 is 0 Å². The van der Waals surface area contributed by atoms with Crippen molar-refractivity contribution in [3.8, 4) is 0 Å². The van der Waals surface area contributed by atoms with Gasteiger partial charge in [-0.2, -0.15) is 0 Å². The van der Waals surface area contributed by atoms with Crippen LogP contribution in [-0.4, -0.2) is 11.9 Å². The minimum absolute atomic E-state index is 0.336.